The number of carboxylic acids is 1. The first-order chi connectivity index (χ1) is 7.91. The maximum Gasteiger partial charge on any atom is 0.318 e. The maximum absolute atomic E-state index is 12.2. The van der Waals surface area contributed by atoms with E-state index in [1.807, 2.05) is 0 Å². The first-order valence-electron chi connectivity index (χ1n) is 6.06. The van der Waals surface area contributed by atoms with Crippen molar-refractivity contribution in [2.24, 2.45) is 5.41 Å². The number of carbonyl (C=O) groups is 2. The SMILES string of the molecule is CC(C)(C(=O)O)C(=O)N1CCCC1CCCO. The highest BCUT2D eigenvalue weighted by Gasteiger charge is 2.42. The lowest BCUT2D eigenvalue weighted by atomic mass is 9.91. The van der Waals surface area contributed by atoms with Gasteiger partial charge in [0.05, 0.1) is 0 Å². The molecule has 1 aliphatic rings. The van der Waals surface area contributed by atoms with Crippen molar-refractivity contribution in [1.82, 2.24) is 4.90 Å². The Kier molecular flexibility index (Phi) is 4.51. The molecular formula is C12H21NO4. The average molecular weight is 243 g/mol. The Morgan fingerprint density at radius 3 is 2.59 bits per heavy atom. The summed E-state index contributed by atoms with van der Waals surface area (Å²) in [5, 5.41) is 17.8. The van der Waals surface area contributed by atoms with Gasteiger partial charge >= 0.3 is 5.97 Å². The zero-order valence-electron chi connectivity index (χ0n) is 10.5. The highest BCUT2D eigenvalue weighted by molar-refractivity contribution is 6.01. The molecule has 1 fully saturated rings. The lowest BCUT2D eigenvalue weighted by Gasteiger charge is -2.30. The van der Waals surface area contributed by atoms with Gasteiger partial charge in [0, 0.05) is 19.2 Å². The van der Waals surface area contributed by atoms with Crippen molar-refractivity contribution in [3.63, 3.8) is 0 Å². The van der Waals surface area contributed by atoms with Crippen LogP contribution in [0.5, 0.6) is 0 Å². The molecule has 0 aromatic rings. The minimum atomic E-state index is -1.36. The van der Waals surface area contributed by atoms with Crippen LogP contribution in [0, 0.1) is 5.41 Å². The molecule has 5 nitrogen and oxygen atoms in total. The van der Waals surface area contributed by atoms with Gasteiger partial charge in [-0.3, -0.25) is 9.59 Å². The third-order valence-electron chi connectivity index (χ3n) is 3.40. The van der Waals surface area contributed by atoms with E-state index in [4.69, 9.17) is 10.2 Å². The summed E-state index contributed by atoms with van der Waals surface area (Å²) < 4.78 is 0. The molecular weight excluding hydrogens is 222 g/mol. The van der Waals surface area contributed by atoms with Crippen LogP contribution in [0.2, 0.25) is 0 Å². The quantitative estimate of drug-likeness (QED) is 0.702. The first kappa shape index (κ1) is 14.0. The molecule has 2 N–H and O–H groups in total. The van der Waals surface area contributed by atoms with Crippen LogP contribution in [0.4, 0.5) is 0 Å². The van der Waals surface area contributed by atoms with Crippen molar-refractivity contribution in [1.29, 1.82) is 0 Å². The Bertz CT molecular complexity index is 301. The Hall–Kier alpha value is -1.10. The number of amides is 1. The van der Waals surface area contributed by atoms with Crippen molar-refractivity contribution in [2.45, 2.75) is 45.6 Å². The predicted molar refractivity (Wildman–Crippen MR) is 62.5 cm³/mol. The van der Waals surface area contributed by atoms with E-state index in [1.165, 1.54) is 13.8 Å². The molecule has 0 aliphatic carbocycles. The van der Waals surface area contributed by atoms with Gasteiger partial charge in [-0.1, -0.05) is 0 Å². The lowest BCUT2D eigenvalue weighted by Crippen LogP contribution is -2.47. The lowest BCUT2D eigenvalue weighted by molar-refractivity contribution is -0.158. The maximum atomic E-state index is 12.2. The Morgan fingerprint density at radius 2 is 2.06 bits per heavy atom. The number of rotatable bonds is 5. The Morgan fingerprint density at radius 1 is 1.41 bits per heavy atom. The van der Waals surface area contributed by atoms with Crippen LogP contribution in [0.1, 0.15) is 39.5 Å². The molecule has 1 amide bonds. The molecule has 0 aromatic carbocycles. The van der Waals surface area contributed by atoms with Gasteiger partial charge in [-0.2, -0.15) is 0 Å². The fourth-order valence-corrected chi connectivity index (χ4v) is 2.18. The summed E-state index contributed by atoms with van der Waals surface area (Å²) in [6.45, 7) is 3.63. The van der Waals surface area contributed by atoms with Crippen LogP contribution < -0.4 is 0 Å². The van der Waals surface area contributed by atoms with E-state index in [0.717, 1.165) is 19.3 Å². The van der Waals surface area contributed by atoms with Crippen molar-refractivity contribution in [2.75, 3.05) is 13.2 Å². The summed E-state index contributed by atoms with van der Waals surface area (Å²) in [6.07, 6.45) is 3.22. The third kappa shape index (κ3) is 2.97. The molecule has 0 radical (unpaired) electrons. The largest absolute Gasteiger partial charge is 0.480 e. The number of carboxylic acid groups (broad SMARTS) is 1. The van der Waals surface area contributed by atoms with Crippen molar-refractivity contribution >= 4 is 11.9 Å². The normalized spacial score (nSPS) is 20.6. The van der Waals surface area contributed by atoms with Crippen LogP contribution >= 0.6 is 0 Å². The van der Waals surface area contributed by atoms with Crippen molar-refractivity contribution in [3.05, 3.63) is 0 Å². The number of hydrogen-bond acceptors (Lipinski definition) is 3. The topological polar surface area (TPSA) is 77.8 Å². The minimum absolute atomic E-state index is 0.0910. The van der Waals surface area contributed by atoms with E-state index in [-0.39, 0.29) is 18.6 Å². The summed E-state index contributed by atoms with van der Waals surface area (Å²) >= 11 is 0. The molecule has 17 heavy (non-hydrogen) atoms. The number of carbonyl (C=O) groups excluding carboxylic acids is 1. The molecule has 0 bridgehead atoms. The molecule has 1 saturated heterocycles. The van der Waals surface area contributed by atoms with Gasteiger partial charge in [0.25, 0.3) is 0 Å². The number of aliphatic hydroxyl groups is 1. The predicted octanol–water partition coefficient (Wildman–Crippen LogP) is 0.861. The standard InChI is InChI=1S/C12H21NO4/c1-12(2,11(16)17)10(15)13-7-3-5-9(13)6-4-8-14/h9,14H,3-8H2,1-2H3,(H,16,17). The number of likely N-dealkylation sites (tertiary alicyclic amines) is 1. The van der Waals surface area contributed by atoms with Gasteiger partial charge in [-0.05, 0) is 39.5 Å². The molecule has 1 rings (SSSR count). The van der Waals surface area contributed by atoms with E-state index >= 15 is 0 Å². The van der Waals surface area contributed by atoms with Crippen LogP contribution in [-0.2, 0) is 9.59 Å². The molecule has 5 heteroatoms. The van der Waals surface area contributed by atoms with Gasteiger partial charge in [0.15, 0.2) is 0 Å². The highest BCUT2D eigenvalue weighted by atomic mass is 16.4. The van der Waals surface area contributed by atoms with E-state index in [2.05, 4.69) is 0 Å². The van der Waals surface area contributed by atoms with E-state index < -0.39 is 11.4 Å². The Labute approximate surface area is 101 Å². The molecule has 1 unspecified atom stereocenters. The number of nitrogens with zero attached hydrogens (tertiary/aromatic N) is 1. The van der Waals surface area contributed by atoms with Gasteiger partial charge in [0.2, 0.25) is 5.91 Å². The molecule has 0 aromatic heterocycles. The van der Waals surface area contributed by atoms with E-state index in [9.17, 15) is 9.59 Å². The second-order valence-corrected chi connectivity index (χ2v) is 5.09. The van der Waals surface area contributed by atoms with Crippen LogP contribution in [-0.4, -0.2) is 46.2 Å². The molecule has 1 aliphatic heterocycles. The zero-order valence-corrected chi connectivity index (χ0v) is 10.5. The molecule has 98 valence electrons. The monoisotopic (exact) mass is 243 g/mol. The second-order valence-electron chi connectivity index (χ2n) is 5.09. The highest BCUT2D eigenvalue weighted by Crippen LogP contribution is 2.28. The van der Waals surface area contributed by atoms with Gasteiger partial charge < -0.3 is 15.1 Å². The number of aliphatic carboxylic acids is 1. The number of hydrogen-bond donors (Lipinski definition) is 2. The summed E-state index contributed by atoms with van der Waals surface area (Å²) in [6, 6.07) is 0.0910. The zero-order chi connectivity index (χ0) is 13.1. The van der Waals surface area contributed by atoms with Gasteiger partial charge in [0.1, 0.15) is 5.41 Å². The van der Waals surface area contributed by atoms with Crippen LogP contribution in [0.15, 0.2) is 0 Å². The first-order valence-corrected chi connectivity index (χ1v) is 6.06. The molecule has 0 spiro atoms. The van der Waals surface area contributed by atoms with Crippen LogP contribution in [0.3, 0.4) is 0 Å². The molecule has 1 atom stereocenters. The molecule has 1 heterocycles. The third-order valence-corrected chi connectivity index (χ3v) is 3.40. The Balaban J connectivity index is 2.71. The summed E-state index contributed by atoms with van der Waals surface area (Å²) in [5.74, 6) is -1.40. The molecule has 0 saturated carbocycles. The van der Waals surface area contributed by atoms with E-state index in [1.54, 1.807) is 4.90 Å². The van der Waals surface area contributed by atoms with Crippen LogP contribution in [0.25, 0.3) is 0 Å². The van der Waals surface area contributed by atoms with E-state index in [0.29, 0.717) is 13.0 Å². The minimum Gasteiger partial charge on any atom is -0.480 e. The fraction of sp³-hybridized carbons (Fsp3) is 0.833. The number of aliphatic hydroxyl groups excluding tert-OH is 1. The van der Waals surface area contributed by atoms with Gasteiger partial charge in [-0.15, -0.1) is 0 Å². The average Bonchev–Trinajstić information content (AvgIpc) is 2.72. The fourth-order valence-electron chi connectivity index (χ4n) is 2.18. The van der Waals surface area contributed by atoms with Crippen molar-refractivity contribution < 1.29 is 19.8 Å². The second kappa shape index (κ2) is 5.49. The van der Waals surface area contributed by atoms with Gasteiger partial charge in [-0.25, -0.2) is 0 Å². The summed E-state index contributed by atoms with van der Waals surface area (Å²) in [5.41, 5.74) is -1.36. The smallest absolute Gasteiger partial charge is 0.318 e. The van der Waals surface area contributed by atoms with Crippen molar-refractivity contribution in [3.8, 4) is 0 Å². The summed E-state index contributed by atoms with van der Waals surface area (Å²) in [4.78, 5) is 24.9. The summed E-state index contributed by atoms with van der Waals surface area (Å²) in [7, 11) is 0.